The van der Waals surface area contributed by atoms with Crippen molar-refractivity contribution in [1.29, 1.82) is 0 Å². The number of carbonyl (C=O) groups is 2. The minimum Gasteiger partial charge on any atom is -0.439 e. The molecule has 2 aliphatic heterocycles. The summed E-state index contributed by atoms with van der Waals surface area (Å²) in [6, 6.07) is 8.64. The third-order valence-electron chi connectivity index (χ3n) is 3.87. The van der Waals surface area contributed by atoms with Crippen LogP contribution in [0.3, 0.4) is 0 Å². The van der Waals surface area contributed by atoms with Gasteiger partial charge in [-0.15, -0.1) is 0 Å². The highest BCUT2D eigenvalue weighted by molar-refractivity contribution is 7.92. The van der Waals surface area contributed by atoms with E-state index in [4.69, 9.17) is 0 Å². The van der Waals surface area contributed by atoms with Crippen LogP contribution in [0, 0.1) is 0 Å². The molecule has 1 aromatic carbocycles. The molecule has 0 N–H and O–H groups in total. The Morgan fingerprint density at radius 2 is 1.91 bits per heavy atom. The molecule has 23 heavy (non-hydrogen) atoms. The third-order valence-corrected chi connectivity index (χ3v) is 5.40. The second-order valence-electron chi connectivity index (χ2n) is 5.38. The summed E-state index contributed by atoms with van der Waals surface area (Å²) in [6.07, 6.45) is 1.25. The van der Waals surface area contributed by atoms with E-state index in [9.17, 15) is 18.0 Å². The summed E-state index contributed by atoms with van der Waals surface area (Å²) in [6.45, 7) is 0.0987. The lowest BCUT2D eigenvalue weighted by Crippen LogP contribution is -2.41. The molecule has 2 aliphatic rings. The van der Waals surface area contributed by atoms with E-state index in [2.05, 4.69) is 4.74 Å². The molecule has 0 aromatic heterocycles. The number of hydrogen-bond acceptors (Lipinski definition) is 5. The quantitative estimate of drug-likeness (QED) is 0.820. The smallest absolute Gasteiger partial charge is 0.417 e. The Morgan fingerprint density at radius 3 is 2.57 bits per heavy atom. The van der Waals surface area contributed by atoms with Crippen LogP contribution in [0.25, 0.3) is 6.08 Å². The maximum absolute atomic E-state index is 12.3. The number of imide groups is 1. The third kappa shape index (κ3) is 3.27. The van der Waals surface area contributed by atoms with E-state index in [0.717, 1.165) is 15.9 Å². The average Bonchev–Trinajstić information content (AvgIpc) is 3.14. The van der Waals surface area contributed by atoms with Crippen LogP contribution in [-0.2, 0) is 19.6 Å². The van der Waals surface area contributed by atoms with Crippen LogP contribution in [-0.4, -0.2) is 55.4 Å². The number of cyclic esters (lactones) is 1. The molecule has 2 saturated heterocycles. The van der Waals surface area contributed by atoms with Crippen molar-refractivity contribution < 1.29 is 22.7 Å². The Labute approximate surface area is 134 Å². The number of ether oxygens (including phenoxy) is 1. The number of nitrogens with zero attached hydrogens (tertiary/aromatic N) is 2. The Kier molecular flexibility index (Phi) is 4.18. The standard InChI is InChI=1S/C15H16N2O5S/c18-14-11-22-15(19)17(14)13-6-8-16(10-13)23(20,21)9-7-12-4-2-1-3-5-12/h1-5,7,9,13H,6,8,10-11H2/b9-7+/t13-/m0/s1. The lowest BCUT2D eigenvalue weighted by molar-refractivity contribution is -0.127. The van der Waals surface area contributed by atoms with Gasteiger partial charge in [0.05, 0.1) is 6.04 Å². The lowest BCUT2D eigenvalue weighted by atomic mass is 10.2. The van der Waals surface area contributed by atoms with Gasteiger partial charge in [0.25, 0.3) is 5.91 Å². The van der Waals surface area contributed by atoms with Crippen molar-refractivity contribution in [3.63, 3.8) is 0 Å². The van der Waals surface area contributed by atoms with Crippen LogP contribution >= 0.6 is 0 Å². The maximum atomic E-state index is 12.3. The molecule has 0 aliphatic carbocycles. The summed E-state index contributed by atoms with van der Waals surface area (Å²) < 4.78 is 30.6. The minimum absolute atomic E-state index is 0.0995. The first-order valence-electron chi connectivity index (χ1n) is 7.19. The molecule has 1 atom stereocenters. The van der Waals surface area contributed by atoms with Gasteiger partial charge in [0.1, 0.15) is 0 Å². The van der Waals surface area contributed by atoms with Gasteiger partial charge < -0.3 is 4.74 Å². The van der Waals surface area contributed by atoms with Crippen molar-refractivity contribution in [3.05, 3.63) is 41.3 Å². The topological polar surface area (TPSA) is 84.0 Å². The van der Waals surface area contributed by atoms with Gasteiger partial charge in [0.2, 0.25) is 10.0 Å². The molecule has 122 valence electrons. The highest BCUT2D eigenvalue weighted by Gasteiger charge is 2.42. The fourth-order valence-electron chi connectivity index (χ4n) is 2.68. The van der Waals surface area contributed by atoms with Crippen molar-refractivity contribution in [2.75, 3.05) is 19.7 Å². The molecule has 8 heteroatoms. The minimum atomic E-state index is -3.59. The van der Waals surface area contributed by atoms with Crippen molar-refractivity contribution in [3.8, 4) is 0 Å². The van der Waals surface area contributed by atoms with E-state index >= 15 is 0 Å². The van der Waals surface area contributed by atoms with Gasteiger partial charge >= 0.3 is 6.09 Å². The number of carbonyl (C=O) groups excluding carboxylic acids is 2. The molecule has 2 amide bonds. The fraction of sp³-hybridized carbons (Fsp3) is 0.333. The van der Waals surface area contributed by atoms with Gasteiger partial charge in [-0.2, -0.15) is 4.31 Å². The molecule has 0 unspecified atom stereocenters. The van der Waals surface area contributed by atoms with Crippen LogP contribution in [0.5, 0.6) is 0 Å². The van der Waals surface area contributed by atoms with E-state index < -0.39 is 28.1 Å². The first kappa shape index (κ1) is 15.7. The van der Waals surface area contributed by atoms with E-state index in [1.165, 1.54) is 10.4 Å². The number of hydrogen-bond donors (Lipinski definition) is 0. The number of sulfonamides is 1. The van der Waals surface area contributed by atoms with Crippen LogP contribution in [0.15, 0.2) is 35.7 Å². The zero-order valence-electron chi connectivity index (χ0n) is 12.3. The van der Waals surface area contributed by atoms with Gasteiger partial charge in [-0.25, -0.2) is 18.1 Å². The Morgan fingerprint density at radius 1 is 1.17 bits per heavy atom. The van der Waals surface area contributed by atoms with Crippen LogP contribution in [0.4, 0.5) is 4.79 Å². The molecular weight excluding hydrogens is 320 g/mol. The molecular formula is C15H16N2O5S. The number of benzene rings is 1. The average molecular weight is 336 g/mol. The molecule has 0 saturated carbocycles. The first-order valence-corrected chi connectivity index (χ1v) is 8.70. The van der Waals surface area contributed by atoms with Gasteiger partial charge in [-0.05, 0) is 18.1 Å². The van der Waals surface area contributed by atoms with E-state index in [0.29, 0.717) is 6.42 Å². The molecule has 1 aromatic rings. The van der Waals surface area contributed by atoms with Gasteiger partial charge in [0, 0.05) is 18.5 Å². The first-order chi connectivity index (χ1) is 11.0. The van der Waals surface area contributed by atoms with Crippen molar-refractivity contribution in [2.24, 2.45) is 0 Å². The summed E-state index contributed by atoms with van der Waals surface area (Å²) in [5.74, 6) is -0.418. The molecule has 0 bridgehead atoms. The van der Waals surface area contributed by atoms with Gasteiger partial charge in [-0.3, -0.25) is 4.79 Å². The maximum Gasteiger partial charge on any atom is 0.417 e. The Balaban J connectivity index is 1.69. The summed E-state index contributed by atoms with van der Waals surface area (Å²) in [4.78, 5) is 24.2. The van der Waals surface area contributed by atoms with Crippen molar-refractivity contribution >= 4 is 28.1 Å². The van der Waals surface area contributed by atoms with Crippen LogP contribution in [0.1, 0.15) is 12.0 Å². The molecule has 3 rings (SSSR count). The summed E-state index contributed by atoms with van der Waals surface area (Å²) in [7, 11) is -3.59. The Bertz CT molecular complexity index is 728. The fourth-order valence-corrected chi connectivity index (χ4v) is 3.93. The predicted molar refractivity (Wildman–Crippen MR) is 82.6 cm³/mol. The van der Waals surface area contributed by atoms with Gasteiger partial charge in [0.15, 0.2) is 6.61 Å². The van der Waals surface area contributed by atoms with Gasteiger partial charge in [-0.1, -0.05) is 30.3 Å². The highest BCUT2D eigenvalue weighted by Crippen LogP contribution is 2.23. The highest BCUT2D eigenvalue weighted by atomic mass is 32.2. The Hall–Kier alpha value is -2.19. The number of amides is 2. The van der Waals surface area contributed by atoms with E-state index in [1.54, 1.807) is 12.1 Å². The summed E-state index contributed by atoms with van der Waals surface area (Å²) in [5, 5.41) is 1.15. The molecule has 0 spiro atoms. The zero-order valence-corrected chi connectivity index (χ0v) is 13.1. The monoisotopic (exact) mass is 336 g/mol. The van der Waals surface area contributed by atoms with Crippen molar-refractivity contribution in [2.45, 2.75) is 12.5 Å². The van der Waals surface area contributed by atoms with Crippen molar-refractivity contribution in [1.82, 2.24) is 9.21 Å². The van der Waals surface area contributed by atoms with E-state index in [1.807, 2.05) is 18.2 Å². The molecule has 0 radical (unpaired) electrons. The second-order valence-corrected chi connectivity index (χ2v) is 7.20. The molecule has 2 fully saturated rings. The summed E-state index contributed by atoms with van der Waals surface area (Å²) in [5.41, 5.74) is 0.783. The lowest BCUT2D eigenvalue weighted by Gasteiger charge is -2.19. The second kappa shape index (κ2) is 6.13. The molecule has 2 heterocycles. The molecule has 7 nitrogen and oxygen atoms in total. The van der Waals surface area contributed by atoms with Crippen LogP contribution in [0.2, 0.25) is 0 Å². The number of rotatable bonds is 4. The van der Waals surface area contributed by atoms with Crippen LogP contribution < -0.4 is 0 Å². The van der Waals surface area contributed by atoms with E-state index in [-0.39, 0.29) is 19.7 Å². The zero-order chi connectivity index (χ0) is 16.4. The predicted octanol–water partition coefficient (Wildman–Crippen LogP) is 1.04. The SMILES string of the molecule is O=C1COC(=O)N1[C@H]1CCN(S(=O)(=O)/C=C/c2ccccc2)C1. The summed E-state index contributed by atoms with van der Waals surface area (Å²) >= 11 is 0. The normalized spacial score (nSPS) is 23.0. The largest absolute Gasteiger partial charge is 0.439 e.